The maximum atomic E-state index is 6.53. The first kappa shape index (κ1) is 13.6. The third-order valence-electron chi connectivity index (χ3n) is 3.38. The minimum Gasteiger partial charge on any atom is -0.253 e. The molecular formula is C17H16ClNS. The highest BCUT2D eigenvalue weighted by Gasteiger charge is 2.12. The summed E-state index contributed by atoms with van der Waals surface area (Å²) in [7, 11) is 0. The molecule has 1 aromatic carbocycles. The van der Waals surface area contributed by atoms with Gasteiger partial charge < -0.3 is 0 Å². The molecule has 2 aromatic heterocycles. The summed E-state index contributed by atoms with van der Waals surface area (Å²) in [6, 6.07) is 16.7. The zero-order valence-corrected chi connectivity index (χ0v) is 12.9. The van der Waals surface area contributed by atoms with Crippen molar-refractivity contribution < 1.29 is 0 Å². The SMILES string of the molecule is CCc1ccc(C(Cl)Cc2ccc3ccccc3n2)s1. The van der Waals surface area contributed by atoms with E-state index in [0.717, 1.165) is 24.1 Å². The van der Waals surface area contributed by atoms with Crippen molar-refractivity contribution in [3.8, 4) is 0 Å². The number of benzene rings is 1. The molecule has 0 saturated heterocycles. The van der Waals surface area contributed by atoms with Crippen LogP contribution in [-0.4, -0.2) is 4.98 Å². The first-order valence-electron chi connectivity index (χ1n) is 6.83. The van der Waals surface area contributed by atoms with Crippen LogP contribution in [0.1, 0.15) is 27.7 Å². The molecule has 0 radical (unpaired) electrons. The predicted octanol–water partition coefficient (Wildman–Crippen LogP) is 5.38. The zero-order valence-electron chi connectivity index (χ0n) is 11.3. The normalized spacial score (nSPS) is 12.7. The van der Waals surface area contributed by atoms with Gasteiger partial charge in [0.05, 0.1) is 10.9 Å². The van der Waals surface area contributed by atoms with Gasteiger partial charge in [-0.05, 0) is 30.7 Å². The summed E-state index contributed by atoms with van der Waals surface area (Å²) in [4.78, 5) is 7.31. The van der Waals surface area contributed by atoms with Crippen LogP contribution in [0.3, 0.4) is 0 Å². The van der Waals surface area contributed by atoms with Gasteiger partial charge in [0.2, 0.25) is 0 Å². The van der Waals surface area contributed by atoms with Crippen molar-refractivity contribution in [2.45, 2.75) is 25.1 Å². The van der Waals surface area contributed by atoms with E-state index in [9.17, 15) is 0 Å². The molecule has 1 atom stereocenters. The Bertz CT molecular complexity index is 720. The fraction of sp³-hybridized carbons (Fsp3) is 0.235. The van der Waals surface area contributed by atoms with Gasteiger partial charge in [-0.25, -0.2) is 0 Å². The van der Waals surface area contributed by atoms with Crippen molar-refractivity contribution >= 4 is 33.8 Å². The van der Waals surface area contributed by atoms with Gasteiger partial charge in [0, 0.05) is 27.3 Å². The summed E-state index contributed by atoms with van der Waals surface area (Å²) in [5, 5.41) is 1.18. The van der Waals surface area contributed by atoms with Crippen LogP contribution in [0, 0.1) is 0 Å². The molecule has 1 nitrogen and oxygen atoms in total. The Morgan fingerprint density at radius 1 is 1.10 bits per heavy atom. The Kier molecular flexibility index (Phi) is 4.04. The van der Waals surface area contributed by atoms with Gasteiger partial charge in [0.15, 0.2) is 0 Å². The second kappa shape index (κ2) is 5.94. The number of hydrogen-bond acceptors (Lipinski definition) is 2. The zero-order chi connectivity index (χ0) is 13.9. The highest BCUT2D eigenvalue weighted by atomic mass is 35.5. The van der Waals surface area contributed by atoms with Gasteiger partial charge in [0.1, 0.15) is 0 Å². The highest BCUT2D eigenvalue weighted by Crippen LogP contribution is 2.31. The van der Waals surface area contributed by atoms with Crippen molar-refractivity contribution in [2.24, 2.45) is 0 Å². The van der Waals surface area contributed by atoms with E-state index in [-0.39, 0.29) is 5.38 Å². The molecule has 20 heavy (non-hydrogen) atoms. The monoisotopic (exact) mass is 301 g/mol. The third-order valence-corrected chi connectivity index (χ3v) is 5.25. The highest BCUT2D eigenvalue weighted by molar-refractivity contribution is 7.12. The number of pyridine rings is 1. The van der Waals surface area contributed by atoms with Crippen LogP contribution in [0.15, 0.2) is 48.5 Å². The molecule has 3 rings (SSSR count). The topological polar surface area (TPSA) is 12.9 Å². The Morgan fingerprint density at radius 3 is 2.75 bits per heavy atom. The number of aromatic nitrogens is 1. The Labute approximate surface area is 128 Å². The van der Waals surface area contributed by atoms with Crippen LogP contribution in [0.25, 0.3) is 10.9 Å². The summed E-state index contributed by atoms with van der Waals surface area (Å²) >= 11 is 8.34. The smallest absolute Gasteiger partial charge is 0.0733 e. The molecule has 2 heterocycles. The quantitative estimate of drug-likeness (QED) is 0.589. The van der Waals surface area contributed by atoms with Gasteiger partial charge in [-0.2, -0.15) is 0 Å². The Hall–Kier alpha value is -1.38. The standard InChI is InChI=1S/C17H16ClNS/c1-2-14-9-10-17(20-14)15(18)11-13-8-7-12-5-3-4-6-16(12)19-13/h3-10,15H,2,11H2,1H3. The molecule has 0 spiro atoms. The lowest BCUT2D eigenvalue weighted by Gasteiger charge is -2.07. The van der Waals surface area contributed by atoms with Gasteiger partial charge in [-0.15, -0.1) is 22.9 Å². The summed E-state index contributed by atoms with van der Waals surface area (Å²) in [5.74, 6) is 0. The molecule has 0 fully saturated rings. The fourth-order valence-corrected chi connectivity index (χ4v) is 3.55. The molecule has 3 aromatic rings. The molecule has 102 valence electrons. The second-order valence-corrected chi connectivity index (χ2v) is 6.55. The Balaban J connectivity index is 1.81. The second-order valence-electron chi connectivity index (χ2n) is 4.82. The number of fused-ring (bicyclic) bond motifs is 1. The van der Waals surface area contributed by atoms with Crippen LogP contribution in [-0.2, 0) is 12.8 Å². The van der Waals surface area contributed by atoms with Gasteiger partial charge in [-0.3, -0.25) is 4.98 Å². The number of alkyl halides is 1. The lowest BCUT2D eigenvalue weighted by molar-refractivity contribution is 0.904. The molecule has 1 unspecified atom stereocenters. The van der Waals surface area contributed by atoms with Crippen LogP contribution in [0.2, 0.25) is 0 Å². The van der Waals surface area contributed by atoms with E-state index in [0.29, 0.717) is 0 Å². The van der Waals surface area contributed by atoms with E-state index >= 15 is 0 Å². The van der Waals surface area contributed by atoms with E-state index in [1.807, 2.05) is 18.2 Å². The molecule has 0 N–H and O–H groups in total. The third kappa shape index (κ3) is 2.87. The number of hydrogen-bond donors (Lipinski definition) is 0. The van der Waals surface area contributed by atoms with E-state index in [2.05, 4.69) is 42.2 Å². The van der Waals surface area contributed by atoms with Gasteiger partial charge in [-0.1, -0.05) is 31.2 Å². The fourth-order valence-electron chi connectivity index (χ4n) is 2.26. The summed E-state index contributed by atoms with van der Waals surface area (Å²) in [6.07, 6.45) is 1.85. The molecular weight excluding hydrogens is 286 g/mol. The van der Waals surface area contributed by atoms with Crippen molar-refractivity contribution in [3.05, 3.63) is 64.0 Å². The van der Waals surface area contributed by atoms with Crippen LogP contribution < -0.4 is 0 Å². The number of nitrogens with zero attached hydrogens (tertiary/aromatic N) is 1. The molecule has 3 heteroatoms. The van der Waals surface area contributed by atoms with Crippen LogP contribution in [0.5, 0.6) is 0 Å². The molecule has 0 aliphatic carbocycles. The average Bonchev–Trinajstić information content (AvgIpc) is 2.96. The minimum absolute atomic E-state index is 0.00830. The number of para-hydroxylation sites is 1. The van der Waals surface area contributed by atoms with E-state index in [1.165, 1.54) is 15.1 Å². The lowest BCUT2D eigenvalue weighted by atomic mass is 10.1. The molecule has 0 bridgehead atoms. The molecule has 0 amide bonds. The van der Waals surface area contributed by atoms with Crippen LogP contribution >= 0.6 is 22.9 Å². The minimum atomic E-state index is 0.00830. The maximum Gasteiger partial charge on any atom is 0.0733 e. The van der Waals surface area contributed by atoms with Crippen molar-refractivity contribution in [1.29, 1.82) is 0 Å². The molecule has 0 aliphatic rings. The molecule has 0 aliphatic heterocycles. The molecule has 0 saturated carbocycles. The summed E-state index contributed by atoms with van der Waals surface area (Å²) in [6.45, 7) is 2.17. The van der Waals surface area contributed by atoms with Crippen molar-refractivity contribution in [2.75, 3.05) is 0 Å². The summed E-state index contributed by atoms with van der Waals surface area (Å²) < 4.78 is 0. The van der Waals surface area contributed by atoms with Crippen LogP contribution in [0.4, 0.5) is 0 Å². The first-order chi connectivity index (χ1) is 9.76. The van der Waals surface area contributed by atoms with Gasteiger partial charge in [0.25, 0.3) is 0 Å². The predicted molar refractivity (Wildman–Crippen MR) is 87.7 cm³/mol. The number of halogens is 1. The van der Waals surface area contributed by atoms with E-state index in [1.54, 1.807) is 11.3 Å². The maximum absolute atomic E-state index is 6.53. The largest absolute Gasteiger partial charge is 0.253 e. The lowest BCUT2D eigenvalue weighted by Crippen LogP contribution is -1.96. The number of rotatable bonds is 4. The van der Waals surface area contributed by atoms with E-state index < -0.39 is 0 Å². The summed E-state index contributed by atoms with van der Waals surface area (Å²) in [5.41, 5.74) is 2.09. The van der Waals surface area contributed by atoms with Crippen molar-refractivity contribution in [1.82, 2.24) is 4.98 Å². The average molecular weight is 302 g/mol. The van der Waals surface area contributed by atoms with E-state index in [4.69, 9.17) is 11.6 Å². The van der Waals surface area contributed by atoms with Gasteiger partial charge >= 0.3 is 0 Å². The number of thiophene rings is 1. The number of aryl methyl sites for hydroxylation is 1. The van der Waals surface area contributed by atoms with Crippen molar-refractivity contribution in [3.63, 3.8) is 0 Å². The Morgan fingerprint density at radius 2 is 1.95 bits per heavy atom. The first-order valence-corrected chi connectivity index (χ1v) is 8.09.